The Hall–Kier alpha value is -4.86. The van der Waals surface area contributed by atoms with Crippen LogP contribution in [0.5, 0.6) is 5.75 Å². The van der Waals surface area contributed by atoms with Gasteiger partial charge < -0.3 is 37.4 Å². The first-order chi connectivity index (χ1) is 25.3. The normalized spacial score (nSPS) is 13.2. The number of thiol groups is 1. The van der Waals surface area contributed by atoms with Crippen LogP contribution < -0.4 is 32.3 Å². The highest BCUT2D eigenvalue weighted by atomic mass is 32.2. The van der Waals surface area contributed by atoms with E-state index in [1.807, 2.05) is 62.4 Å². The van der Waals surface area contributed by atoms with Gasteiger partial charge in [0.1, 0.15) is 17.8 Å². The van der Waals surface area contributed by atoms with Gasteiger partial charge in [-0.3, -0.25) is 28.8 Å². The fraction of sp³-hybridized carbons (Fsp3) is 0.368. The molecule has 0 heterocycles. The molecule has 0 aliphatic carbocycles. The number of aromatic hydroxyl groups is 1. The molecule has 0 saturated carbocycles. The molecule has 0 aliphatic heterocycles. The zero-order valence-electron chi connectivity index (χ0n) is 29.7. The summed E-state index contributed by atoms with van der Waals surface area (Å²) in [5, 5.41) is 22.4. The van der Waals surface area contributed by atoms with Crippen LogP contribution >= 0.6 is 24.4 Å². The van der Waals surface area contributed by atoms with Crippen molar-refractivity contribution in [1.29, 1.82) is 0 Å². The van der Waals surface area contributed by atoms with E-state index in [-0.39, 0.29) is 35.4 Å². The zero-order chi connectivity index (χ0) is 38.8. The van der Waals surface area contributed by atoms with Gasteiger partial charge in [0.2, 0.25) is 34.7 Å². The van der Waals surface area contributed by atoms with Gasteiger partial charge in [-0.2, -0.15) is 12.6 Å². The Morgan fingerprint density at radius 1 is 0.660 bits per heavy atom. The molecule has 5 amide bonds. The molecule has 3 aromatic carbocycles. The first kappa shape index (κ1) is 42.6. The number of phenolic OH excluding ortho intramolecular Hbond substituents is 1. The maximum absolute atomic E-state index is 13.6. The number of nitrogens with two attached hydrogens (primary N) is 1. The molecule has 15 heteroatoms. The number of hydrogen-bond acceptors (Lipinski definition) is 10. The van der Waals surface area contributed by atoms with Crippen LogP contribution in [0.1, 0.15) is 37.0 Å². The van der Waals surface area contributed by atoms with E-state index in [1.54, 1.807) is 24.3 Å². The summed E-state index contributed by atoms with van der Waals surface area (Å²) in [7, 11) is 0. The van der Waals surface area contributed by atoms with Crippen molar-refractivity contribution in [2.24, 2.45) is 11.7 Å². The van der Waals surface area contributed by atoms with Gasteiger partial charge >= 0.3 is 0 Å². The quantitative estimate of drug-likeness (QED) is 0.0786. The third kappa shape index (κ3) is 15.7. The van der Waals surface area contributed by atoms with Crippen molar-refractivity contribution in [1.82, 2.24) is 26.6 Å². The predicted molar refractivity (Wildman–Crippen MR) is 208 cm³/mol. The molecule has 0 unspecified atom stereocenters. The van der Waals surface area contributed by atoms with Gasteiger partial charge in [0, 0.05) is 24.3 Å². The van der Waals surface area contributed by atoms with Crippen LogP contribution in [-0.4, -0.2) is 82.8 Å². The second-order valence-corrected chi connectivity index (χ2v) is 14.2. The van der Waals surface area contributed by atoms with E-state index >= 15 is 0 Å². The monoisotopic (exact) mass is 764 g/mol. The first-order valence-corrected chi connectivity index (χ1v) is 18.8. The lowest BCUT2D eigenvalue weighted by molar-refractivity contribution is -0.131. The van der Waals surface area contributed by atoms with Crippen LogP contribution in [0.4, 0.5) is 0 Å². The molecule has 0 aromatic heterocycles. The number of amides is 5. The topological polar surface area (TPSA) is 209 Å². The molecule has 8 N–H and O–H groups in total. The second-order valence-electron chi connectivity index (χ2n) is 12.8. The van der Waals surface area contributed by atoms with Crippen molar-refractivity contribution in [3.8, 4) is 5.75 Å². The fourth-order valence-electron chi connectivity index (χ4n) is 5.06. The van der Waals surface area contributed by atoms with Crippen molar-refractivity contribution in [2.75, 3.05) is 18.8 Å². The molecular formula is C38H48N6O7S2. The number of benzene rings is 3. The number of carbonyl (C=O) groups excluding carboxylic acids is 6. The van der Waals surface area contributed by atoms with Crippen LogP contribution in [0, 0.1) is 5.92 Å². The minimum absolute atomic E-state index is 0.0302. The fourth-order valence-corrected chi connectivity index (χ4v) is 6.09. The minimum atomic E-state index is -1.10. The lowest BCUT2D eigenvalue weighted by Gasteiger charge is -2.24. The summed E-state index contributed by atoms with van der Waals surface area (Å²) in [5.41, 5.74) is 8.13. The molecule has 0 fully saturated rings. The molecule has 3 aromatic rings. The highest BCUT2D eigenvalue weighted by Crippen LogP contribution is 2.19. The van der Waals surface area contributed by atoms with Gasteiger partial charge in [-0.05, 0) is 41.2 Å². The van der Waals surface area contributed by atoms with Crippen molar-refractivity contribution in [3.05, 3.63) is 102 Å². The number of phenols is 1. The number of carbonyl (C=O) groups is 6. The van der Waals surface area contributed by atoms with Crippen LogP contribution in [0.15, 0.2) is 84.9 Å². The highest BCUT2D eigenvalue weighted by Gasteiger charge is 2.28. The summed E-state index contributed by atoms with van der Waals surface area (Å²) in [6.07, 6.45) is 0.580. The third-order valence-electron chi connectivity index (χ3n) is 7.88. The van der Waals surface area contributed by atoms with E-state index < -0.39 is 66.8 Å². The van der Waals surface area contributed by atoms with Crippen LogP contribution in [0.25, 0.3) is 0 Å². The van der Waals surface area contributed by atoms with Gasteiger partial charge in [-0.25, -0.2) is 0 Å². The Kier molecular flexibility index (Phi) is 17.9. The van der Waals surface area contributed by atoms with E-state index in [2.05, 4.69) is 39.2 Å². The Morgan fingerprint density at radius 2 is 1.19 bits per heavy atom. The molecule has 0 aliphatic rings. The van der Waals surface area contributed by atoms with Gasteiger partial charge in [-0.15, -0.1) is 0 Å². The molecule has 0 bridgehead atoms. The maximum atomic E-state index is 13.6. The number of nitrogens with one attached hydrogen (secondary N) is 5. The summed E-state index contributed by atoms with van der Waals surface area (Å²) >= 11 is 5.14. The van der Waals surface area contributed by atoms with Crippen molar-refractivity contribution >= 4 is 59.0 Å². The zero-order valence-corrected chi connectivity index (χ0v) is 31.5. The molecule has 3 rings (SSSR count). The van der Waals surface area contributed by atoms with Crippen molar-refractivity contribution < 1.29 is 33.9 Å². The predicted octanol–water partition coefficient (Wildman–Crippen LogP) is 1.63. The Bertz CT molecular complexity index is 1660. The standard InChI is InChI=1S/C38H48N6O7S2/c1-24(2)17-32(38(51)53-23-27-11-7-4-8-12-27)44-37(50)31(18-25-9-5-3-6-10-25)42-34(47)21-40-33(46)20-41-36(49)30(43-35(48)29(39)22-52)19-26-13-15-28(45)16-14-26/h3-16,24,29-32,45,52H,17-23,39H2,1-2H3,(H,40,46)(H,41,49)(H,42,47)(H,43,48)(H,44,50)/t29-,30-,31-,32-/m0/s1. The summed E-state index contributed by atoms with van der Waals surface area (Å²) in [6.45, 7) is 2.89. The van der Waals surface area contributed by atoms with E-state index in [4.69, 9.17) is 5.73 Å². The molecule has 13 nitrogen and oxygen atoms in total. The summed E-state index contributed by atoms with van der Waals surface area (Å²) in [6, 6.07) is 20.7. The third-order valence-corrected chi connectivity index (χ3v) is 9.32. The van der Waals surface area contributed by atoms with Gasteiger partial charge in [0.25, 0.3) is 0 Å². The van der Waals surface area contributed by atoms with Crippen LogP contribution in [0.2, 0.25) is 0 Å². The first-order valence-electron chi connectivity index (χ1n) is 17.2. The van der Waals surface area contributed by atoms with Crippen molar-refractivity contribution in [3.63, 3.8) is 0 Å². The average molecular weight is 765 g/mol. The highest BCUT2D eigenvalue weighted by molar-refractivity contribution is 8.13. The Morgan fingerprint density at radius 3 is 1.77 bits per heavy atom. The Balaban J connectivity index is 1.60. The smallest absolute Gasteiger partial charge is 0.243 e. The van der Waals surface area contributed by atoms with Crippen LogP contribution in [0.3, 0.4) is 0 Å². The Labute approximate surface area is 319 Å². The van der Waals surface area contributed by atoms with Gasteiger partial charge in [0.15, 0.2) is 0 Å². The lowest BCUT2D eigenvalue weighted by atomic mass is 10.0. The lowest BCUT2D eigenvalue weighted by Crippen LogP contribution is -2.55. The van der Waals surface area contributed by atoms with Crippen LogP contribution in [-0.2, 0) is 47.4 Å². The molecule has 53 heavy (non-hydrogen) atoms. The largest absolute Gasteiger partial charge is 0.508 e. The van der Waals surface area contributed by atoms with E-state index in [0.717, 1.165) is 22.9 Å². The molecule has 0 saturated heterocycles. The number of thioether (sulfide) groups is 1. The molecule has 0 radical (unpaired) electrons. The van der Waals surface area contributed by atoms with E-state index in [9.17, 15) is 33.9 Å². The summed E-state index contributed by atoms with van der Waals surface area (Å²) < 4.78 is 0. The SMILES string of the molecule is CC(C)C[C@H](NC(=O)[C@H](Cc1ccccc1)NC(=O)CNC(=O)CNC(=O)[C@H](Cc1ccc(O)cc1)NC(=O)[C@@H](N)CS)C(=O)SCc1ccccc1. The summed E-state index contributed by atoms with van der Waals surface area (Å²) in [4.78, 5) is 78.1. The molecule has 284 valence electrons. The maximum Gasteiger partial charge on any atom is 0.243 e. The number of hydrogen-bond donors (Lipinski definition) is 8. The van der Waals surface area contributed by atoms with Gasteiger partial charge in [0.05, 0.1) is 25.2 Å². The van der Waals surface area contributed by atoms with E-state index in [0.29, 0.717) is 17.7 Å². The van der Waals surface area contributed by atoms with Crippen molar-refractivity contribution in [2.45, 2.75) is 63.0 Å². The number of rotatable bonds is 20. The average Bonchev–Trinajstić information content (AvgIpc) is 3.15. The summed E-state index contributed by atoms with van der Waals surface area (Å²) in [5.74, 6) is -2.56. The minimum Gasteiger partial charge on any atom is -0.508 e. The van der Waals surface area contributed by atoms with E-state index in [1.165, 1.54) is 12.1 Å². The molecule has 4 atom stereocenters. The molecular weight excluding hydrogens is 717 g/mol. The molecule has 0 spiro atoms. The van der Waals surface area contributed by atoms with Gasteiger partial charge in [-0.1, -0.05) is 98.4 Å². The second kappa shape index (κ2) is 22.3.